The van der Waals surface area contributed by atoms with Crippen LogP contribution in [-0.4, -0.2) is 5.92 Å². The summed E-state index contributed by atoms with van der Waals surface area (Å²) in [5.41, 5.74) is 0. The third kappa shape index (κ3) is 8.46. The smallest absolute Gasteiger partial charge is 0.207 e. The molecule has 0 bridgehead atoms. The van der Waals surface area contributed by atoms with Crippen LogP contribution in [0.15, 0.2) is 0 Å². The second-order valence-electron chi connectivity index (χ2n) is 4.62. The Bertz CT molecular complexity index is 130. The zero-order chi connectivity index (χ0) is 11.0. The molecule has 0 amide bonds. The molecule has 0 N–H and O–H groups in total. The normalized spacial score (nSPS) is 12.4. The van der Waals surface area contributed by atoms with E-state index in [1.807, 2.05) is 13.8 Å². The first kappa shape index (κ1) is 13.9. The lowest BCUT2D eigenvalue weighted by Gasteiger charge is -2.18. The first-order chi connectivity index (χ1) is 6.48. The minimum Gasteiger partial charge on any atom is -0.207 e. The van der Waals surface area contributed by atoms with Crippen LogP contribution in [0.5, 0.6) is 0 Å². The topological polar surface area (TPSA) is 0 Å². The first-order valence-corrected chi connectivity index (χ1v) is 5.86. The van der Waals surface area contributed by atoms with Crippen molar-refractivity contribution in [2.75, 3.05) is 0 Å². The van der Waals surface area contributed by atoms with E-state index in [1.165, 1.54) is 12.8 Å². The highest BCUT2D eigenvalue weighted by Gasteiger charge is 2.28. The van der Waals surface area contributed by atoms with Gasteiger partial charge in [-0.3, -0.25) is 0 Å². The lowest BCUT2D eigenvalue weighted by atomic mass is 9.99. The van der Waals surface area contributed by atoms with Crippen LogP contribution in [0.3, 0.4) is 0 Å². The van der Waals surface area contributed by atoms with Gasteiger partial charge in [0.05, 0.1) is 0 Å². The summed E-state index contributed by atoms with van der Waals surface area (Å²) >= 11 is 0. The standard InChI is InChI=1S/C12H24F2/c1-4-5-6-7-8-9-12(13,14)10-11(2)3/h11H,4-10H2,1-3H3. The fraction of sp³-hybridized carbons (Fsp3) is 1.00. The van der Waals surface area contributed by atoms with Crippen LogP contribution in [-0.2, 0) is 0 Å². The molecule has 0 saturated carbocycles. The van der Waals surface area contributed by atoms with Crippen LogP contribution in [0.25, 0.3) is 0 Å². The van der Waals surface area contributed by atoms with Gasteiger partial charge in [-0.1, -0.05) is 46.5 Å². The predicted octanol–water partition coefficient (Wildman–Crippen LogP) is 5.03. The molecule has 0 saturated heterocycles. The molecule has 14 heavy (non-hydrogen) atoms. The van der Waals surface area contributed by atoms with Crippen molar-refractivity contribution in [2.24, 2.45) is 5.92 Å². The number of hydrogen-bond acceptors (Lipinski definition) is 0. The Balaban J connectivity index is 3.45. The molecule has 0 aliphatic heterocycles. The van der Waals surface area contributed by atoms with E-state index in [-0.39, 0.29) is 18.8 Å². The highest BCUT2D eigenvalue weighted by Crippen LogP contribution is 2.29. The summed E-state index contributed by atoms with van der Waals surface area (Å²) in [4.78, 5) is 0. The van der Waals surface area contributed by atoms with Crippen molar-refractivity contribution in [3.63, 3.8) is 0 Å². The Kier molecular flexibility index (Phi) is 7.12. The van der Waals surface area contributed by atoms with E-state index in [9.17, 15) is 8.78 Å². The van der Waals surface area contributed by atoms with Gasteiger partial charge in [0.25, 0.3) is 0 Å². The third-order valence-electron chi connectivity index (χ3n) is 2.35. The SMILES string of the molecule is CCCCCCCC(F)(F)CC(C)C. The van der Waals surface area contributed by atoms with Crippen molar-refractivity contribution in [1.82, 2.24) is 0 Å². The van der Waals surface area contributed by atoms with Gasteiger partial charge in [-0.05, 0) is 12.3 Å². The van der Waals surface area contributed by atoms with Gasteiger partial charge in [-0.15, -0.1) is 0 Å². The fourth-order valence-electron chi connectivity index (χ4n) is 1.69. The molecule has 0 aliphatic carbocycles. The molecule has 0 fully saturated rings. The van der Waals surface area contributed by atoms with E-state index in [1.54, 1.807) is 0 Å². The van der Waals surface area contributed by atoms with Gasteiger partial charge in [0.15, 0.2) is 0 Å². The molecule has 0 heterocycles. The predicted molar refractivity (Wildman–Crippen MR) is 57.8 cm³/mol. The summed E-state index contributed by atoms with van der Waals surface area (Å²) in [6.45, 7) is 5.84. The molecule has 86 valence electrons. The third-order valence-corrected chi connectivity index (χ3v) is 2.35. The molecular formula is C12H24F2. The van der Waals surface area contributed by atoms with Crippen LogP contribution in [0, 0.1) is 5.92 Å². The number of hydrogen-bond donors (Lipinski definition) is 0. The van der Waals surface area contributed by atoms with Crippen LogP contribution >= 0.6 is 0 Å². The Labute approximate surface area is 87.1 Å². The molecular weight excluding hydrogens is 182 g/mol. The largest absolute Gasteiger partial charge is 0.248 e. The molecule has 0 atom stereocenters. The lowest BCUT2D eigenvalue weighted by molar-refractivity contribution is -0.0291. The van der Waals surface area contributed by atoms with E-state index >= 15 is 0 Å². The number of unbranched alkanes of at least 4 members (excludes halogenated alkanes) is 4. The van der Waals surface area contributed by atoms with Crippen molar-refractivity contribution >= 4 is 0 Å². The molecule has 0 radical (unpaired) electrons. The summed E-state index contributed by atoms with van der Waals surface area (Å²) < 4.78 is 26.4. The maximum absolute atomic E-state index is 13.2. The molecule has 2 heteroatoms. The van der Waals surface area contributed by atoms with Gasteiger partial charge in [0, 0.05) is 12.8 Å². The monoisotopic (exact) mass is 206 g/mol. The average molecular weight is 206 g/mol. The van der Waals surface area contributed by atoms with Crippen molar-refractivity contribution in [1.29, 1.82) is 0 Å². The van der Waals surface area contributed by atoms with Crippen LogP contribution in [0.4, 0.5) is 8.78 Å². The van der Waals surface area contributed by atoms with Gasteiger partial charge in [0.1, 0.15) is 0 Å². The van der Waals surface area contributed by atoms with Crippen molar-refractivity contribution in [3.8, 4) is 0 Å². The van der Waals surface area contributed by atoms with Gasteiger partial charge in [0.2, 0.25) is 5.92 Å². The summed E-state index contributed by atoms with van der Waals surface area (Å²) in [6.07, 6.45) is 5.21. The Morgan fingerprint density at radius 3 is 2.07 bits per heavy atom. The van der Waals surface area contributed by atoms with Crippen LogP contribution < -0.4 is 0 Å². The summed E-state index contributed by atoms with van der Waals surface area (Å²) in [5.74, 6) is -2.33. The minimum absolute atomic E-state index is 0.0424. The van der Waals surface area contributed by atoms with Crippen molar-refractivity contribution in [3.05, 3.63) is 0 Å². The Morgan fingerprint density at radius 1 is 1.00 bits per heavy atom. The zero-order valence-corrected chi connectivity index (χ0v) is 9.78. The minimum atomic E-state index is -2.43. The first-order valence-electron chi connectivity index (χ1n) is 5.86. The molecule has 0 unspecified atom stereocenters. The summed E-state index contributed by atoms with van der Waals surface area (Å²) in [6, 6.07) is 0. The maximum atomic E-state index is 13.2. The van der Waals surface area contributed by atoms with Gasteiger partial charge >= 0.3 is 0 Å². The molecule has 0 aromatic rings. The van der Waals surface area contributed by atoms with E-state index in [0.717, 1.165) is 12.8 Å². The second-order valence-corrected chi connectivity index (χ2v) is 4.62. The lowest BCUT2D eigenvalue weighted by Crippen LogP contribution is -2.18. The quantitative estimate of drug-likeness (QED) is 0.489. The van der Waals surface area contributed by atoms with Crippen molar-refractivity contribution in [2.45, 2.75) is 71.6 Å². The summed E-state index contributed by atoms with van der Waals surface area (Å²) in [7, 11) is 0. The molecule has 0 rings (SSSR count). The maximum Gasteiger partial charge on any atom is 0.248 e. The van der Waals surface area contributed by atoms with E-state index in [4.69, 9.17) is 0 Å². The van der Waals surface area contributed by atoms with Crippen LogP contribution in [0.1, 0.15) is 65.7 Å². The van der Waals surface area contributed by atoms with E-state index < -0.39 is 5.92 Å². The highest BCUT2D eigenvalue weighted by atomic mass is 19.3. The van der Waals surface area contributed by atoms with E-state index in [0.29, 0.717) is 6.42 Å². The second kappa shape index (κ2) is 7.19. The van der Waals surface area contributed by atoms with Crippen LogP contribution in [0.2, 0.25) is 0 Å². The van der Waals surface area contributed by atoms with Crippen molar-refractivity contribution < 1.29 is 8.78 Å². The van der Waals surface area contributed by atoms with E-state index in [2.05, 4.69) is 6.92 Å². The van der Waals surface area contributed by atoms with Gasteiger partial charge in [-0.2, -0.15) is 0 Å². The van der Waals surface area contributed by atoms with Gasteiger partial charge < -0.3 is 0 Å². The molecule has 0 nitrogen and oxygen atoms in total. The molecule has 0 aromatic heterocycles. The Hall–Kier alpha value is -0.140. The molecule has 0 aromatic carbocycles. The zero-order valence-electron chi connectivity index (χ0n) is 9.78. The Morgan fingerprint density at radius 2 is 1.57 bits per heavy atom. The number of halogens is 2. The molecule has 0 spiro atoms. The molecule has 0 aliphatic rings. The number of rotatable bonds is 8. The highest BCUT2D eigenvalue weighted by molar-refractivity contribution is 4.68. The number of alkyl halides is 2. The van der Waals surface area contributed by atoms with Gasteiger partial charge in [-0.25, -0.2) is 8.78 Å². The summed E-state index contributed by atoms with van der Waals surface area (Å²) in [5, 5.41) is 0. The fourth-order valence-corrected chi connectivity index (χ4v) is 1.69. The average Bonchev–Trinajstić information content (AvgIpc) is 2.01.